The molecule has 14 nitrogen and oxygen atoms in total. The molecule has 0 bridgehead atoms. The second-order valence-corrected chi connectivity index (χ2v) is 9.39. The molecule has 3 N–H and O–H groups in total. The first-order valence-electron chi connectivity index (χ1n) is 12.3. The minimum absolute atomic E-state index is 0.0936. The van der Waals surface area contributed by atoms with Gasteiger partial charge < -0.3 is 34.7 Å². The smallest absolute Gasteiger partial charge is 0.416 e. The van der Waals surface area contributed by atoms with E-state index in [-0.39, 0.29) is 17.5 Å². The maximum Gasteiger partial charge on any atom is 0.416 e. The highest BCUT2D eigenvalue weighted by Crippen LogP contribution is 2.40. The van der Waals surface area contributed by atoms with Gasteiger partial charge in [0.2, 0.25) is 0 Å². The van der Waals surface area contributed by atoms with Gasteiger partial charge in [-0.1, -0.05) is 0 Å². The van der Waals surface area contributed by atoms with Crippen molar-refractivity contribution in [3.63, 3.8) is 0 Å². The van der Waals surface area contributed by atoms with E-state index in [1.165, 1.54) is 17.3 Å². The lowest BCUT2D eigenvalue weighted by molar-refractivity contribution is 0.123. The number of nitrogens with one attached hydrogen (secondary N) is 3. The molecular weight excluding hydrogens is 506 g/mol. The van der Waals surface area contributed by atoms with E-state index in [1.54, 1.807) is 24.1 Å². The lowest BCUT2D eigenvalue weighted by atomic mass is 10.2. The summed E-state index contributed by atoms with van der Waals surface area (Å²) in [5, 5.41) is 11.7. The molecule has 0 radical (unpaired) electrons. The van der Waals surface area contributed by atoms with Crippen LogP contribution in [0.2, 0.25) is 0 Å². The Labute approximate surface area is 222 Å². The number of amides is 1. The van der Waals surface area contributed by atoms with Crippen LogP contribution >= 0.6 is 0 Å². The topological polar surface area (TPSA) is 152 Å². The Bertz CT molecular complexity index is 1620. The van der Waals surface area contributed by atoms with Crippen molar-refractivity contribution in [2.75, 3.05) is 63.0 Å². The molecule has 202 valence electrons. The summed E-state index contributed by atoms with van der Waals surface area (Å²) >= 11 is 0. The fraction of sp³-hybridized carbons (Fsp3) is 0.320. The third kappa shape index (κ3) is 4.54. The fourth-order valence-electron chi connectivity index (χ4n) is 4.69. The number of pyridine rings is 1. The van der Waals surface area contributed by atoms with Gasteiger partial charge in [0.1, 0.15) is 35.7 Å². The number of hydrogen-bond donors (Lipinski definition) is 3. The van der Waals surface area contributed by atoms with Gasteiger partial charge in [0.05, 0.1) is 30.2 Å². The summed E-state index contributed by atoms with van der Waals surface area (Å²) < 4.78 is 18.9. The minimum atomic E-state index is -0.486. The van der Waals surface area contributed by atoms with Crippen LogP contribution in [-0.2, 0) is 4.74 Å². The van der Waals surface area contributed by atoms with E-state index in [9.17, 15) is 9.59 Å². The van der Waals surface area contributed by atoms with Gasteiger partial charge in [-0.3, -0.25) is 9.69 Å². The molecule has 6 rings (SSSR count). The summed E-state index contributed by atoms with van der Waals surface area (Å²) in [7, 11) is 5.42. The highest BCUT2D eigenvalue weighted by atomic mass is 16.6. The minimum Gasteiger partial charge on any atom is -0.494 e. The van der Waals surface area contributed by atoms with Crippen molar-refractivity contribution in [3.05, 3.63) is 47.1 Å². The zero-order valence-electron chi connectivity index (χ0n) is 21.6. The standard InChI is InChI=1S/C25H27N9O5/c1-32(2)12-14-13-33(25(36)39-14)23-15-11-29-21(30-22-24(35)28-5-4-27-22)10-17(15)34(31-23)18-9-19-16(8-20(18)37-3)26-6-7-38-19/h4-5,8-11,14,26H,6-7,12-13H2,1-3H3,(H,28,35)(H,27,29,30)/t14-/m1/s1. The van der Waals surface area contributed by atoms with Gasteiger partial charge in [0, 0.05) is 49.9 Å². The first-order valence-corrected chi connectivity index (χ1v) is 12.3. The number of fused-ring (bicyclic) bond motifs is 2. The van der Waals surface area contributed by atoms with Crippen molar-refractivity contribution in [2.24, 2.45) is 0 Å². The van der Waals surface area contributed by atoms with Crippen molar-refractivity contribution in [2.45, 2.75) is 6.10 Å². The molecule has 2 aliphatic heterocycles. The molecule has 2 aliphatic rings. The molecule has 1 atom stereocenters. The SMILES string of the molecule is COc1cc2c(cc1-n1nc(N3C[C@@H](CN(C)C)OC3=O)c3cnc(Nc4ncc[nH]c4=O)cc31)OCCN2. The number of hydrogen-bond acceptors (Lipinski definition) is 11. The molecule has 3 aromatic heterocycles. The number of methoxy groups -OCH3 is 1. The molecule has 0 unspecified atom stereocenters. The van der Waals surface area contributed by atoms with Gasteiger partial charge in [0.25, 0.3) is 5.56 Å². The predicted octanol–water partition coefficient (Wildman–Crippen LogP) is 1.95. The number of aromatic nitrogens is 5. The highest BCUT2D eigenvalue weighted by molar-refractivity contribution is 6.01. The first kappa shape index (κ1) is 24.5. The Hall–Kier alpha value is -4.85. The van der Waals surface area contributed by atoms with E-state index >= 15 is 0 Å². The van der Waals surface area contributed by atoms with Crippen LogP contribution in [0, 0.1) is 0 Å². The molecule has 5 heterocycles. The molecule has 0 aliphatic carbocycles. The number of aromatic amines is 1. The van der Waals surface area contributed by atoms with Crippen LogP contribution in [-0.4, -0.2) is 89.3 Å². The van der Waals surface area contributed by atoms with Crippen molar-refractivity contribution in [3.8, 4) is 17.2 Å². The lowest BCUT2D eigenvalue weighted by Crippen LogP contribution is -2.30. The quantitative estimate of drug-likeness (QED) is 0.320. The van der Waals surface area contributed by atoms with Crippen LogP contribution in [0.4, 0.5) is 27.9 Å². The summed E-state index contributed by atoms with van der Waals surface area (Å²) in [4.78, 5) is 39.7. The van der Waals surface area contributed by atoms with Gasteiger partial charge in [-0.15, -0.1) is 5.10 Å². The van der Waals surface area contributed by atoms with Crippen LogP contribution < -0.4 is 30.6 Å². The summed E-state index contributed by atoms with van der Waals surface area (Å²) in [6.45, 7) is 2.12. The molecule has 14 heteroatoms. The van der Waals surface area contributed by atoms with Gasteiger partial charge in [0.15, 0.2) is 11.6 Å². The molecule has 0 saturated carbocycles. The second-order valence-electron chi connectivity index (χ2n) is 9.39. The summed E-state index contributed by atoms with van der Waals surface area (Å²) in [6, 6.07) is 5.42. The van der Waals surface area contributed by atoms with Gasteiger partial charge in [-0.05, 0) is 14.1 Å². The largest absolute Gasteiger partial charge is 0.494 e. The van der Waals surface area contributed by atoms with Crippen LogP contribution in [0.3, 0.4) is 0 Å². The fourth-order valence-corrected chi connectivity index (χ4v) is 4.69. The van der Waals surface area contributed by atoms with Gasteiger partial charge in [-0.25, -0.2) is 19.4 Å². The number of carbonyl (C=O) groups is 1. The maximum atomic E-state index is 12.9. The number of ether oxygens (including phenoxy) is 3. The number of H-pyrrole nitrogens is 1. The highest BCUT2D eigenvalue weighted by Gasteiger charge is 2.36. The van der Waals surface area contributed by atoms with Gasteiger partial charge >= 0.3 is 6.09 Å². The number of nitrogens with zero attached hydrogens (tertiary/aromatic N) is 6. The first-order chi connectivity index (χ1) is 18.9. The molecule has 39 heavy (non-hydrogen) atoms. The van der Waals surface area contributed by atoms with Crippen molar-refractivity contribution in [1.82, 2.24) is 29.6 Å². The Morgan fingerprint density at radius 3 is 2.90 bits per heavy atom. The van der Waals surface area contributed by atoms with E-state index in [0.717, 1.165) is 5.69 Å². The van der Waals surface area contributed by atoms with Crippen LogP contribution in [0.5, 0.6) is 11.5 Å². The monoisotopic (exact) mass is 533 g/mol. The molecule has 1 saturated heterocycles. The van der Waals surface area contributed by atoms with Crippen molar-refractivity contribution >= 4 is 40.1 Å². The number of benzene rings is 1. The predicted molar refractivity (Wildman–Crippen MR) is 144 cm³/mol. The number of likely N-dealkylation sites (N-methyl/N-ethyl adjacent to an activating group) is 1. The molecule has 1 aromatic carbocycles. The number of carbonyl (C=O) groups excluding carboxylic acids is 1. The van der Waals surface area contributed by atoms with Crippen LogP contribution in [0.15, 0.2) is 41.6 Å². The van der Waals surface area contributed by atoms with Crippen molar-refractivity contribution < 1.29 is 19.0 Å². The van der Waals surface area contributed by atoms with Gasteiger partial charge in [-0.2, -0.15) is 0 Å². The number of anilines is 4. The molecular formula is C25H27N9O5. The van der Waals surface area contributed by atoms with E-state index < -0.39 is 6.09 Å². The van der Waals surface area contributed by atoms with E-state index in [1.807, 2.05) is 31.1 Å². The van der Waals surface area contributed by atoms with Crippen LogP contribution in [0.25, 0.3) is 16.6 Å². The number of cyclic esters (lactones) is 1. The molecule has 4 aromatic rings. The molecule has 1 fully saturated rings. The van der Waals surface area contributed by atoms with E-state index in [0.29, 0.717) is 66.0 Å². The molecule has 1 amide bonds. The zero-order chi connectivity index (χ0) is 27.1. The maximum absolute atomic E-state index is 12.9. The average molecular weight is 534 g/mol. The van der Waals surface area contributed by atoms with Crippen LogP contribution in [0.1, 0.15) is 0 Å². The normalized spacial score (nSPS) is 16.6. The molecule has 0 spiro atoms. The Balaban J connectivity index is 1.50. The summed E-state index contributed by atoms with van der Waals surface area (Å²) in [6.07, 6.45) is 3.72. The van der Waals surface area contributed by atoms with E-state index in [2.05, 4.69) is 25.6 Å². The Morgan fingerprint density at radius 2 is 2.10 bits per heavy atom. The third-order valence-corrected chi connectivity index (χ3v) is 6.38. The van der Waals surface area contributed by atoms with Crippen molar-refractivity contribution in [1.29, 1.82) is 0 Å². The Morgan fingerprint density at radius 1 is 1.23 bits per heavy atom. The lowest BCUT2D eigenvalue weighted by Gasteiger charge is -2.21. The van der Waals surface area contributed by atoms with E-state index in [4.69, 9.17) is 19.3 Å². The summed E-state index contributed by atoms with van der Waals surface area (Å²) in [5.41, 5.74) is 1.63. The zero-order valence-corrected chi connectivity index (χ0v) is 21.6. The average Bonchev–Trinajstić information content (AvgIpc) is 3.48. The summed E-state index contributed by atoms with van der Waals surface area (Å²) in [5.74, 6) is 2.05. The Kier molecular flexibility index (Phi) is 6.15. The second kappa shape index (κ2) is 9.79. The number of rotatable bonds is 7. The third-order valence-electron chi connectivity index (χ3n) is 6.38.